The van der Waals surface area contributed by atoms with Crippen molar-refractivity contribution in [3.05, 3.63) is 56.3 Å². The van der Waals surface area contributed by atoms with E-state index in [9.17, 15) is 4.79 Å². The van der Waals surface area contributed by atoms with Crippen molar-refractivity contribution < 1.29 is 9.53 Å². The topological polar surface area (TPSA) is 38.3 Å². The second-order valence-electron chi connectivity index (χ2n) is 4.92. The zero-order valence-electron chi connectivity index (χ0n) is 12.5. The molecular formula is C17H12Cl3NO2S. The third-order valence-corrected chi connectivity index (χ3v) is 5.42. The number of nitrogens with one attached hydrogen (secondary N) is 1. The monoisotopic (exact) mass is 399 g/mol. The SMILES string of the molecule is CCOc1ccc(NC(=O)c2sc3cc(Cl)cc(Cl)c3c2Cl)cc1. The molecule has 0 saturated heterocycles. The maximum absolute atomic E-state index is 12.5. The molecule has 0 spiro atoms. The summed E-state index contributed by atoms with van der Waals surface area (Å²) in [5.74, 6) is 0.453. The van der Waals surface area contributed by atoms with Crippen LogP contribution in [0.5, 0.6) is 5.75 Å². The zero-order chi connectivity index (χ0) is 17.3. The molecule has 0 fully saturated rings. The maximum atomic E-state index is 12.5. The molecule has 0 radical (unpaired) electrons. The van der Waals surface area contributed by atoms with Crippen LogP contribution in [0.15, 0.2) is 36.4 Å². The highest BCUT2D eigenvalue weighted by atomic mass is 35.5. The van der Waals surface area contributed by atoms with Crippen LogP contribution in [0.3, 0.4) is 0 Å². The number of hydrogen-bond acceptors (Lipinski definition) is 3. The number of anilines is 1. The molecule has 0 unspecified atom stereocenters. The number of amides is 1. The minimum Gasteiger partial charge on any atom is -0.494 e. The number of thiophene rings is 1. The lowest BCUT2D eigenvalue weighted by Crippen LogP contribution is -2.10. The highest BCUT2D eigenvalue weighted by molar-refractivity contribution is 7.21. The predicted molar refractivity (Wildman–Crippen MR) is 102 cm³/mol. The number of hydrogen-bond donors (Lipinski definition) is 1. The molecule has 0 bridgehead atoms. The number of fused-ring (bicyclic) bond motifs is 1. The Balaban J connectivity index is 1.88. The van der Waals surface area contributed by atoms with Crippen LogP contribution in [0.1, 0.15) is 16.6 Å². The van der Waals surface area contributed by atoms with E-state index in [4.69, 9.17) is 39.5 Å². The molecule has 1 N–H and O–H groups in total. The normalized spacial score (nSPS) is 10.8. The standard InChI is InChI=1S/C17H12Cl3NO2S/c1-2-23-11-5-3-10(4-6-11)21-17(22)16-15(20)14-12(19)7-9(18)8-13(14)24-16/h3-8H,2H2,1H3,(H,21,22). The van der Waals surface area contributed by atoms with Crippen LogP contribution in [-0.2, 0) is 0 Å². The first-order valence-electron chi connectivity index (χ1n) is 7.11. The van der Waals surface area contributed by atoms with Gasteiger partial charge < -0.3 is 10.1 Å². The minimum atomic E-state index is -0.294. The first kappa shape index (κ1) is 17.4. The molecule has 0 aliphatic rings. The third kappa shape index (κ3) is 3.47. The van der Waals surface area contributed by atoms with Gasteiger partial charge in [0.15, 0.2) is 0 Å². The van der Waals surface area contributed by atoms with Gasteiger partial charge in [-0.25, -0.2) is 0 Å². The van der Waals surface area contributed by atoms with E-state index >= 15 is 0 Å². The Hall–Kier alpha value is -1.46. The summed E-state index contributed by atoms with van der Waals surface area (Å²) >= 11 is 19.8. The highest BCUT2D eigenvalue weighted by Crippen LogP contribution is 2.41. The first-order valence-corrected chi connectivity index (χ1v) is 9.06. The molecular weight excluding hydrogens is 389 g/mol. The smallest absolute Gasteiger partial charge is 0.267 e. The molecule has 2 aromatic carbocycles. The van der Waals surface area contributed by atoms with E-state index in [1.807, 2.05) is 6.92 Å². The molecule has 1 amide bonds. The molecule has 124 valence electrons. The lowest BCUT2D eigenvalue weighted by Gasteiger charge is -2.06. The summed E-state index contributed by atoms with van der Waals surface area (Å²) in [4.78, 5) is 12.9. The van der Waals surface area contributed by atoms with Crippen LogP contribution >= 0.6 is 46.1 Å². The summed E-state index contributed by atoms with van der Waals surface area (Å²) in [6.45, 7) is 2.50. The largest absolute Gasteiger partial charge is 0.494 e. The van der Waals surface area contributed by atoms with Gasteiger partial charge in [-0.3, -0.25) is 4.79 Å². The van der Waals surface area contributed by atoms with E-state index < -0.39 is 0 Å². The molecule has 3 aromatic rings. The summed E-state index contributed by atoms with van der Waals surface area (Å²) in [6.07, 6.45) is 0. The number of carbonyl (C=O) groups is 1. The number of ether oxygens (including phenoxy) is 1. The molecule has 0 aliphatic carbocycles. The van der Waals surface area contributed by atoms with Gasteiger partial charge in [0.05, 0.1) is 16.7 Å². The molecule has 7 heteroatoms. The van der Waals surface area contributed by atoms with Crippen LogP contribution < -0.4 is 10.1 Å². The van der Waals surface area contributed by atoms with Crippen LogP contribution in [0.2, 0.25) is 15.1 Å². The summed E-state index contributed by atoms with van der Waals surface area (Å²) in [7, 11) is 0. The summed E-state index contributed by atoms with van der Waals surface area (Å²) < 4.78 is 6.15. The summed E-state index contributed by atoms with van der Waals surface area (Å²) in [5.41, 5.74) is 0.654. The zero-order valence-corrected chi connectivity index (χ0v) is 15.6. The Bertz CT molecular complexity index is 906. The second kappa shape index (κ2) is 7.19. The highest BCUT2D eigenvalue weighted by Gasteiger charge is 2.19. The van der Waals surface area contributed by atoms with E-state index in [-0.39, 0.29) is 5.91 Å². The van der Waals surface area contributed by atoms with Gasteiger partial charge in [-0.2, -0.15) is 0 Å². The summed E-state index contributed by atoms with van der Waals surface area (Å²) in [6, 6.07) is 10.5. The molecule has 0 atom stereocenters. The van der Waals surface area contributed by atoms with E-state index in [2.05, 4.69) is 5.32 Å². The van der Waals surface area contributed by atoms with Gasteiger partial charge in [0.25, 0.3) is 5.91 Å². The molecule has 24 heavy (non-hydrogen) atoms. The van der Waals surface area contributed by atoms with Gasteiger partial charge >= 0.3 is 0 Å². The van der Waals surface area contributed by atoms with E-state index in [0.717, 1.165) is 10.4 Å². The fourth-order valence-corrected chi connectivity index (χ4v) is 4.52. The maximum Gasteiger partial charge on any atom is 0.267 e. The lowest BCUT2D eigenvalue weighted by atomic mass is 10.2. The van der Waals surface area contributed by atoms with Gasteiger partial charge in [0, 0.05) is 20.8 Å². The fourth-order valence-electron chi connectivity index (χ4n) is 2.25. The Morgan fingerprint density at radius 3 is 2.54 bits per heavy atom. The average Bonchev–Trinajstić information content (AvgIpc) is 2.86. The van der Waals surface area contributed by atoms with Crippen molar-refractivity contribution in [1.82, 2.24) is 0 Å². The molecule has 1 heterocycles. The van der Waals surface area contributed by atoms with Crippen LogP contribution in [0.25, 0.3) is 10.1 Å². The van der Waals surface area contributed by atoms with Crippen molar-refractivity contribution in [3.63, 3.8) is 0 Å². The molecule has 1 aromatic heterocycles. The second-order valence-corrected chi connectivity index (χ2v) is 7.19. The Labute approximate surface area is 158 Å². The van der Waals surface area contributed by atoms with Gasteiger partial charge in [-0.15, -0.1) is 11.3 Å². The van der Waals surface area contributed by atoms with Crippen LogP contribution in [0.4, 0.5) is 5.69 Å². The summed E-state index contributed by atoms with van der Waals surface area (Å²) in [5, 5.41) is 4.73. The van der Waals surface area contributed by atoms with Crippen LogP contribution in [-0.4, -0.2) is 12.5 Å². The quantitative estimate of drug-likeness (QED) is 0.542. The first-order chi connectivity index (χ1) is 11.5. The van der Waals surface area contributed by atoms with Crippen LogP contribution in [0, 0.1) is 0 Å². The van der Waals surface area contributed by atoms with Crippen molar-refractivity contribution >= 4 is 67.8 Å². The molecule has 3 rings (SSSR count). The van der Waals surface area contributed by atoms with Gasteiger partial charge in [-0.05, 0) is 43.3 Å². The van der Waals surface area contributed by atoms with Gasteiger partial charge in [0.1, 0.15) is 10.6 Å². The lowest BCUT2D eigenvalue weighted by molar-refractivity contribution is 0.103. The predicted octanol–water partition coefficient (Wildman–Crippen LogP) is 6.51. The Morgan fingerprint density at radius 2 is 1.88 bits per heavy atom. The average molecular weight is 401 g/mol. The van der Waals surface area contributed by atoms with Crippen molar-refractivity contribution in [3.8, 4) is 5.75 Å². The third-order valence-electron chi connectivity index (χ3n) is 3.28. The number of benzene rings is 2. The van der Waals surface area contributed by atoms with Gasteiger partial charge in [0.2, 0.25) is 0 Å². The molecule has 0 aliphatic heterocycles. The molecule has 3 nitrogen and oxygen atoms in total. The van der Waals surface area contributed by atoms with Gasteiger partial charge in [-0.1, -0.05) is 34.8 Å². The number of rotatable bonds is 4. The number of carbonyl (C=O) groups excluding carboxylic acids is 1. The van der Waals surface area contributed by atoms with Crippen molar-refractivity contribution in [2.75, 3.05) is 11.9 Å². The van der Waals surface area contributed by atoms with E-state index in [1.54, 1.807) is 36.4 Å². The minimum absolute atomic E-state index is 0.294. The fraction of sp³-hybridized carbons (Fsp3) is 0.118. The Kier molecular flexibility index (Phi) is 5.21. The van der Waals surface area contributed by atoms with Crippen molar-refractivity contribution in [1.29, 1.82) is 0 Å². The van der Waals surface area contributed by atoms with Crippen molar-refractivity contribution in [2.24, 2.45) is 0 Å². The van der Waals surface area contributed by atoms with E-state index in [0.29, 0.717) is 37.6 Å². The number of halogens is 3. The van der Waals surface area contributed by atoms with E-state index in [1.165, 1.54) is 11.3 Å². The Morgan fingerprint density at radius 1 is 1.17 bits per heavy atom. The molecule has 0 saturated carbocycles. The van der Waals surface area contributed by atoms with Crippen molar-refractivity contribution in [2.45, 2.75) is 6.92 Å².